The number of rotatable bonds is 5. The molecule has 3 amide bonds. The van der Waals surface area contributed by atoms with E-state index in [9.17, 15) is 19.5 Å². The predicted octanol–water partition coefficient (Wildman–Crippen LogP) is 0.730. The molecular formula is C19H28N4O4. The summed E-state index contributed by atoms with van der Waals surface area (Å²) in [5.74, 6) is -0.400. The second-order valence-electron chi connectivity index (χ2n) is 7.50. The number of carbonyl (C=O) groups excluding carboxylic acids is 2. The Morgan fingerprint density at radius 3 is 2.56 bits per heavy atom. The highest BCUT2D eigenvalue weighted by Gasteiger charge is 2.26. The number of urea groups is 1. The Hall–Kier alpha value is -2.35. The summed E-state index contributed by atoms with van der Waals surface area (Å²) in [6.07, 6.45) is 4.26. The minimum atomic E-state index is -0.400. The van der Waals surface area contributed by atoms with Gasteiger partial charge in [0.15, 0.2) is 0 Å². The average Bonchev–Trinajstić information content (AvgIpc) is 2.95. The highest BCUT2D eigenvalue weighted by molar-refractivity contribution is 5.95. The van der Waals surface area contributed by atoms with E-state index in [0.29, 0.717) is 44.6 Å². The zero-order chi connectivity index (χ0) is 19.6. The van der Waals surface area contributed by atoms with Crippen LogP contribution in [0.3, 0.4) is 0 Å². The van der Waals surface area contributed by atoms with E-state index >= 15 is 0 Å². The van der Waals surface area contributed by atoms with Gasteiger partial charge in [0.1, 0.15) is 5.56 Å². The number of aliphatic hydroxyl groups excluding tert-OH is 1. The third-order valence-electron chi connectivity index (χ3n) is 5.58. The first-order valence-corrected chi connectivity index (χ1v) is 9.56. The van der Waals surface area contributed by atoms with E-state index in [0.717, 1.165) is 12.8 Å². The fourth-order valence-corrected chi connectivity index (χ4v) is 3.84. The van der Waals surface area contributed by atoms with Gasteiger partial charge >= 0.3 is 6.03 Å². The van der Waals surface area contributed by atoms with Gasteiger partial charge in [0.2, 0.25) is 0 Å². The summed E-state index contributed by atoms with van der Waals surface area (Å²) in [4.78, 5) is 40.7. The van der Waals surface area contributed by atoms with Gasteiger partial charge in [-0.15, -0.1) is 0 Å². The first-order chi connectivity index (χ1) is 12.9. The van der Waals surface area contributed by atoms with Crippen LogP contribution in [0.1, 0.15) is 47.6 Å². The molecule has 0 radical (unpaired) electrons. The molecule has 2 N–H and O–H groups in total. The van der Waals surface area contributed by atoms with Crippen LogP contribution >= 0.6 is 0 Å². The number of hydrogen-bond acceptors (Lipinski definition) is 4. The number of nitrogens with zero attached hydrogens (tertiary/aromatic N) is 3. The largest absolute Gasteiger partial charge is 0.393 e. The number of pyridine rings is 1. The molecule has 8 heteroatoms. The van der Waals surface area contributed by atoms with E-state index in [4.69, 9.17) is 0 Å². The average molecular weight is 376 g/mol. The van der Waals surface area contributed by atoms with Crippen molar-refractivity contribution >= 4 is 11.9 Å². The van der Waals surface area contributed by atoms with Gasteiger partial charge in [-0.1, -0.05) is 0 Å². The number of aliphatic hydroxyl groups is 1. The molecule has 0 unspecified atom stereocenters. The molecule has 3 rings (SSSR count). The maximum atomic E-state index is 12.9. The Morgan fingerprint density at radius 2 is 1.93 bits per heavy atom. The second-order valence-corrected chi connectivity index (χ2v) is 7.50. The maximum Gasteiger partial charge on any atom is 0.319 e. The van der Waals surface area contributed by atoms with Crippen LogP contribution in [0.5, 0.6) is 0 Å². The molecule has 1 aromatic heterocycles. The summed E-state index contributed by atoms with van der Waals surface area (Å²) in [7, 11) is 1.75. The quantitative estimate of drug-likeness (QED) is 0.792. The van der Waals surface area contributed by atoms with Crippen molar-refractivity contribution in [3.63, 3.8) is 0 Å². The van der Waals surface area contributed by atoms with E-state index in [1.165, 1.54) is 0 Å². The van der Waals surface area contributed by atoms with Crippen LogP contribution < -0.4 is 10.9 Å². The molecule has 0 atom stereocenters. The lowest BCUT2D eigenvalue weighted by molar-refractivity contribution is 0.0943. The molecule has 2 aliphatic rings. The van der Waals surface area contributed by atoms with Crippen molar-refractivity contribution in [3.05, 3.63) is 33.7 Å². The lowest BCUT2D eigenvalue weighted by atomic mass is 9.92. The Bertz CT molecular complexity index is 767. The molecule has 8 nitrogen and oxygen atoms in total. The lowest BCUT2D eigenvalue weighted by Gasteiger charge is -2.27. The second kappa shape index (κ2) is 8.12. The third-order valence-corrected chi connectivity index (χ3v) is 5.58. The lowest BCUT2D eigenvalue weighted by Crippen LogP contribution is -2.40. The highest BCUT2D eigenvalue weighted by Crippen LogP contribution is 2.27. The Kier molecular flexibility index (Phi) is 5.84. The molecule has 0 spiro atoms. The SMILES string of the molecule is Cc1ccn(C2CCC(O)CC2)c(=O)c1C(=O)NCCN1CCN(C)C1=O. The summed E-state index contributed by atoms with van der Waals surface area (Å²) < 4.78 is 1.63. The van der Waals surface area contributed by atoms with Gasteiger partial charge in [-0.25, -0.2) is 4.79 Å². The summed E-state index contributed by atoms with van der Waals surface area (Å²) in [6, 6.07) is 1.77. The third kappa shape index (κ3) is 4.16. The Morgan fingerprint density at radius 1 is 1.22 bits per heavy atom. The predicted molar refractivity (Wildman–Crippen MR) is 101 cm³/mol. The van der Waals surface area contributed by atoms with Gasteiger partial charge in [-0.3, -0.25) is 9.59 Å². The molecule has 148 valence electrons. The van der Waals surface area contributed by atoms with Crippen molar-refractivity contribution in [3.8, 4) is 0 Å². The van der Waals surface area contributed by atoms with E-state index in [1.54, 1.807) is 40.6 Å². The van der Waals surface area contributed by atoms with Crippen molar-refractivity contribution in [2.75, 3.05) is 33.2 Å². The minimum Gasteiger partial charge on any atom is -0.393 e. The number of amides is 3. The van der Waals surface area contributed by atoms with Crippen molar-refractivity contribution in [2.45, 2.75) is 44.8 Å². The van der Waals surface area contributed by atoms with Crippen molar-refractivity contribution in [1.82, 2.24) is 19.7 Å². The molecular weight excluding hydrogens is 348 g/mol. The number of aromatic nitrogens is 1. The molecule has 27 heavy (non-hydrogen) atoms. The Balaban J connectivity index is 1.66. The summed E-state index contributed by atoms with van der Waals surface area (Å²) in [6.45, 7) is 3.82. The van der Waals surface area contributed by atoms with Crippen LogP contribution in [0.4, 0.5) is 4.79 Å². The van der Waals surface area contributed by atoms with Crippen LogP contribution in [0.25, 0.3) is 0 Å². The van der Waals surface area contributed by atoms with E-state index in [-0.39, 0.29) is 29.3 Å². The zero-order valence-corrected chi connectivity index (χ0v) is 16.0. The molecule has 0 bridgehead atoms. The highest BCUT2D eigenvalue weighted by atomic mass is 16.3. The summed E-state index contributed by atoms with van der Waals surface area (Å²) in [5, 5.41) is 12.4. The molecule has 1 aliphatic carbocycles. The topological polar surface area (TPSA) is 94.9 Å². The standard InChI is InChI=1S/C19H28N4O4/c1-13-7-9-23(14-3-5-15(24)6-4-14)18(26)16(13)17(25)20-8-10-22-12-11-21(2)19(22)27/h7,9,14-15,24H,3-6,8,10-12H2,1-2H3,(H,20,25). The van der Waals surface area contributed by atoms with Crippen LogP contribution in [0.2, 0.25) is 0 Å². The van der Waals surface area contributed by atoms with Crippen LogP contribution in [0.15, 0.2) is 17.1 Å². The van der Waals surface area contributed by atoms with E-state index in [2.05, 4.69) is 5.32 Å². The van der Waals surface area contributed by atoms with E-state index in [1.807, 2.05) is 0 Å². The van der Waals surface area contributed by atoms with Crippen molar-refractivity contribution < 1.29 is 14.7 Å². The van der Waals surface area contributed by atoms with Crippen LogP contribution in [-0.4, -0.2) is 70.7 Å². The molecule has 1 saturated heterocycles. The summed E-state index contributed by atoms with van der Waals surface area (Å²) in [5.41, 5.74) is 0.515. The molecule has 0 aromatic carbocycles. The molecule has 2 fully saturated rings. The fourth-order valence-electron chi connectivity index (χ4n) is 3.84. The molecule has 1 saturated carbocycles. The summed E-state index contributed by atoms with van der Waals surface area (Å²) >= 11 is 0. The monoisotopic (exact) mass is 376 g/mol. The Labute approximate surface area is 158 Å². The van der Waals surface area contributed by atoms with Gasteiger partial charge in [0, 0.05) is 45.5 Å². The maximum absolute atomic E-state index is 12.9. The van der Waals surface area contributed by atoms with Crippen molar-refractivity contribution in [1.29, 1.82) is 0 Å². The minimum absolute atomic E-state index is 0.0193. The number of aryl methyl sites for hydroxylation is 1. The fraction of sp³-hybridized carbons (Fsp3) is 0.632. The van der Waals surface area contributed by atoms with Crippen LogP contribution in [-0.2, 0) is 0 Å². The normalized spacial score (nSPS) is 23.0. The zero-order valence-electron chi connectivity index (χ0n) is 16.0. The van der Waals surface area contributed by atoms with Crippen LogP contribution in [0, 0.1) is 6.92 Å². The van der Waals surface area contributed by atoms with Gasteiger partial charge in [-0.2, -0.15) is 0 Å². The first-order valence-electron chi connectivity index (χ1n) is 9.56. The van der Waals surface area contributed by atoms with Gasteiger partial charge in [0.05, 0.1) is 6.10 Å². The molecule has 1 aliphatic heterocycles. The van der Waals surface area contributed by atoms with Gasteiger partial charge in [-0.05, 0) is 44.2 Å². The molecule has 1 aromatic rings. The molecule has 2 heterocycles. The number of carbonyl (C=O) groups is 2. The van der Waals surface area contributed by atoms with Gasteiger partial charge in [0.25, 0.3) is 11.5 Å². The van der Waals surface area contributed by atoms with Crippen molar-refractivity contribution in [2.24, 2.45) is 0 Å². The smallest absolute Gasteiger partial charge is 0.319 e. The number of hydrogen-bond donors (Lipinski definition) is 2. The number of nitrogens with one attached hydrogen (secondary N) is 1. The number of likely N-dealkylation sites (N-methyl/N-ethyl adjacent to an activating group) is 1. The van der Waals surface area contributed by atoms with Gasteiger partial charge < -0.3 is 24.8 Å². The van der Waals surface area contributed by atoms with E-state index < -0.39 is 5.91 Å². The first kappa shape index (κ1) is 19.4.